The maximum absolute atomic E-state index is 7.37. The van der Waals surface area contributed by atoms with Crippen LogP contribution in [0.25, 0.3) is 33.1 Å². The Morgan fingerprint density at radius 2 is 0.881 bits per heavy atom. The summed E-state index contributed by atoms with van der Waals surface area (Å²) >= 11 is 0. The van der Waals surface area contributed by atoms with Crippen molar-refractivity contribution < 1.29 is 36.0 Å². The summed E-state index contributed by atoms with van der Waals surface area (Å²) < 4.78 is 53.1. The number of hydrogen-bond donors (Lipinski definition) is 0. The molecule has 8 nitrogen and oxygen atoms in total. The second kappa shape index (κ2) is 16.0. The van der Waals surface area contributed by atoms with Gasteiger partial charge in [0.05, 0.1) is 27.4 Å². The minimum Gasteiger partial charge on any atom is -0.497 e. The average molecular weight is 845 g/mol. The van der Waals surface area contributed by atoms with Crippen LogP contribution in [0.4, 0.5) is 0 Å². The van der Waals surface area contributed by atoms with Gasteiger partial charge in [0.15, 0.2) is 0 Å². The Morgan fingerprint density at radius 3 is 1.24 bits per heavy atom. The molecule has 0 saturated carbocycles. The molecular formula is C49H66O8P2. The van der Waals surface area contributed by atoms with Crippen molar-refractivity contribution >= 4 is 38.8 Å². The molecule has 1 aliphatic rings. The van der Waals surface area contributed by atoms with Crippen LogP contribution in [0.5, 0.6) is 23.0 Å². The standard InChI is InChI=1S/C49H66O8P2/c1-29-19-33-34-20-30(2)22-38(46(6,7)8)42(34)56-59(55-41(33)37(21-29)45(3,4)5)57-44-36(24-32(51-18)26-40(44)48(12,13)14)35-23-31(50-17)25-39(47(9,10)11)43(35)54-58-52-27-49(15,16)28-53-58/h19-26H,27-28H2,1-18H3. The molecule has 1 saturated heterocycles. The lowest BCUT2D eigenvalue weighted by atomic mass is 9.81. The first-order valence-corrected chi connectivity index (χ1v) is 22.7. The van der Waals surface area contributed by atoms with Crippen LogP contribution in [-0.2, 0) is 30.7 Å². The zero-order valence-corrected chi connectivity index (χ0v) is 40.5. The number of methoxy groups -OCH3 is 2. The van der Waals surface area contributed by atoms with E-state index in [4.69, 9.17) is 36.0 Å². The summed E-state index contributed by atoms with van der Waals surface area (Å²) in [5.41, 5.74) is 7.97. The van der Waals surface area contributed by atoms with E-state index in [2.05, 4.69) is 135 Å². The van der Waals surface area contributed by atoms with Gasteiger partial charge in [0.25, 0.3) is 0 Å². The molecule has 0 radical (unpaired) electrons. The van der Waals surface area contributed by atoms with Crippen molar-refractivity contribution in [3.05, 3.63) is 81.9 Å². The summed E-state index contributed by atoms with van der Waals surface area (Å²) in [6.45, 7) is 35.9. The van der Waals surface area contributed by atoms with Crippen molar-refractivity contribution in [3.8, 4) is 34.1 Å². The first kappa shape index (κ1) is 44.9. The molecule has 2 heterocycles. The third kappa shape index (κ3) is 9.62. The van der Waals surface area contributed by atoms with Gasteiger partial charge in [0, 0.05) is 49.6 Å². The van der Waals surface area contributed by atoms with Gasteiger partial charge in [-0.25, -0.2) is 0 Å². The molecule has 1 aromatic heterocycles. The van der Waals surface area contributed by atoms with Gasteiger partial charge in [0.2, 0.25) is 0 Å². The van der Waals surface area contributed by atoms with Crippen molar-refractivity contribution in [1.82, 2.24) is 0 Å². The lowest BCUT2D eigenvalue weighted by Crippen LogP contribution is -2.29. The minimum atomic E-state index is -2.11. The maximum atomic E-state index is 7.37. The van der Waals surface area contributed by atoms with Crippen molar-refractivity contribution in [2.45, 2.75) is 132 Å². The highest BCUT2D eigenvalue weighted by atomic mass is 31.2. The molecule has 320 valence electrons. The van der Waals surface area contributed by atoms with Gasteiger partial charge in [-0.15, -0.1) is 0 Å². The van der Waals surface area contributed by atoms with E-state index in [-0.39, 0.29) is 21.7 Å². The molecule has 1 aliphatic heterocycles. The number of benzene rings is 4. The fourth-order valence-electron chi connectivity index (χ4n) is 7.35. The molecule has 0 bridgehead atoms. The summed E-state index contributed by atoms with van der Waals surface area (Å²) in [7, 11) is -0.457. The molecule has 6 rings (SSSR count). The van der Waals surface area contributed by atoms with Crippen molar-refractivity contribution in [1.29, 1.82) is 0 Å². The van der Waals surface area contributed by atoms with E-state index in [1.54, 1.807) is 14.2 Å². The van der Waals surface area contributed by atoms with Gasteiger partial charge in [0.1, 0.15) is 34.2 Å². The summed E-state index contributed by atoms with van der Waals surface area (Å²) in [5, 5.41) is 1.99. The third-order valence-corrected chi connectivity index (χ3v) is 12.7. The van der Waals surface area contributed by atoms with E-state index < -0.39 is 22.3 Å². The Morgan fingerprint density at radius 1 is 0.508 bits per heavy atom. The zero-order chi connectivity index (χ0) is 43.6. The Kier molecular flexibility index (Phi) is 12.2. The molecule has 0 N–H and O–H groups in total. The molecule has 0 unspecified atom stereocenters. The van der Waals surface area contributed by atoms with Crippen LogP contribution in [0, 0.1) is 19.3 Å². The second-order valence-electron chi connectivity index (χ2n) is 21.0. The molecule has 0 amide bonds. The van der Waals surface area contributed by atoms with Crippen LogP contribution in [0.1, 0.15) is 130 Å². The van der Waals surface area contributed by atoms with Crippen LogP contribution in [0.15, 0.2) is 56.9 Å². The van der Waals surface area contributed by atoms with E-state index in [1.165, 1.54) is 0 Å². The van der Waals surface area contributed by atoms with Crippen LogP contribution >= 0.6 is 16.8 Å². The molecule has 59 heavy (non-hydrogen) atoms. The van der Waals surface area contributed by atoms with E-state index in [0.717, 1.165) is 66.4 Å². The summed E-state index contributed by atoms with van der Waals surface area (Å²) in [5.74, 6) is 2.57. The zero-order valence-electron chi connectivity index (χ0n) is 38.7. The lowest BCUT2D eigenvalue weighted by molar-refractivity contribution is 0.0425. The molecule has 5 aromatic rings. The average Bonchev–Trinajstić information content (AvgIpc) is 3.26. The quantitative estimate of drug-likeness (QED) is 0.150. The number of hydrogen-bond acceptors (Lipinski definition) is 8. The Hall–Kier alpha value is -3.67. The lowest BCUT2D eigenvalue weighted by Gasteiger charge is -2.34. The fraction of sp³-hybridized carbons (Fsp3) is 0.510. The third-order valence-electron chi connectivity index (χ3n) is 10.7. The van der Waals surface area contributed by atoms with E-state index in [0.29, 0.717) is 36.2 Å². The van der Waals surface area contributed by atoms with E-state index in [9.17, 15) is 0 Å². The highest BCUT2D eigenvalue weighted by Gasteiger charge is 2.36. The maximum Gasteiger partial charge on any atom is 0.453 e. The smallest absolute Gasteiger partial charge is 0.453 e. The fourth-order valence-corrected chi connectivity index (χ4v) is 9.93. The van der Waals surface area contributed by atoms with Gasteiger partial charge in [-0.05, 0) is 83.0 Å². The predicted octanol–water partition coefficient (Wildman–Crippen LogP) is 15.3. The summed E-state index contributed by atoms with van der Waals surface area (Å²) in [6.07, 6.45) is 0. The molecule has 0 atom stereocenters. The number of aryl methyl sites for hydroxylation is 2. The Labute approximate surface area is 354 Å². The SMILES string of the molecule is COc1cc(-c2cc(OC)cc(C(C)(C)C)c2Op2oc3c(C(C)(C)C)cc(C)cc3c3cc(C)cc(C(C)(C)C)c3o2)c(OP2OCC(C)(C)CO2)c(C(C)(C)C)c1. The van der Waals surface area contributed by atoms with Gasteiger partial charge >= 0.3 is 16.8 Å². The topological polar surface area (TPSA) is 81.7 Å². The Bertz CT molecular complexity index is 2320. The first-order chi connectivity index (χ1) is 27.2. The van der Waals surface area contributed by atoms with Crippen LogP contribution < -0.4 is 18.5 Å². The molecule has 1 fully saturated rings. The van der Waals surface area contributed by atoms with Gasteiger partial charge in [-0.1, -0.05) is 109 Å². The first-order valence-electron chi connectivity index (χ1n) is 20.5. The largest absolute Gasteiger partial charge is 0.497 e. The molecule has 10 heteroatoms. The highest BCUT2D eigenvalue weighted by molar-refractivity contribution is 7.42. The number of ether oxygens (including phenoxy) is 2. The van der Waals surface area contributed by atoms with Crippen LogP contribution in [-0.4, -0.2) is 27.4 Å². The second-order valence-corrected chi connectivity index (χ2v) is 23.1. The van der Waals surface area contributed by atoms with E-state index >= 15 is 0 Å². The molecule has 0 spiro atoms. The van der Waals surface area contributed by atoms with Crippen molar-refractivity contribution in [2.24, 2.45) is 5.41 Å². The van der Waals surface area contributed by atoms with Gasteiger partial charge in [-0.2, -0.15) is 0 Å². The Balaban J connectivity index is 1.75. The minimum absolute atomic E-state index is 0.123. The van der Waals surface area contributed by atoms with Crippen LogP contribution in [0.3, 0.4) is 0 Å². The summed E-state index contributed by atoms with van der Waals surface area (Å²) in [6, 6.07) is 17.0. The van der Waals surface area contributed by atoms with Gasteiger partial charge < -0.3 is 36.0 Å². The molecule has 0 aliphatic carbocycles. The number of rotatable bonds is 7. The molecule has 4 aromatic carbocycles. The predicted molar refractivity (Wildman–Crippen MR) is 245 cm³/mol. The summed E-state index contributed by atoms with van der Waals surface area (Å²) in [4.78, 5) is 0. The van der Waals surface area contributed by atoms with Gasteiger partial charge in [-0.3, -0.25) is 0 Å². The van der Waals surface area contributed by atoms with E-state index in [1.807, 2.05) is 24.3 Å². The monoisotopic (exact) mass is 844 g/mol. The van der Waals surface area contributed by atoms with Crippen LogP contribution in [0.2, 0.25) is 0 Å². The van der Waals surface area contributed by atoms with Crippen molar-refractivity contribution in [3.63, 3.8) is 0 Å². The van der Waals surface area contributed by atoms with Crippen molar-refractivity contribution in [2.75, 3.05) is 27.4 Å². The number of fused-ring (bicyclic) bond motifs is 3. The molecular weight excluding hydrogens is 778 g/mol. The highest BCUT2D eigenvalue weighted by Crippen LogP contribution is 2.56. The normalized spacial score (nSPS) is 15.4.